The van der Waals surface area contributed by atoms with Gasteiger partial charge in [-0.15, -0.1) is 0 Å². The molecule has 0 saturated heterocycles. The third-order valence-corrected chi connectivity index (χ3v) is 7.44. The normalized spacial score (nSPS) is 12.0. The molecule has 10 heteroatoms. The molecule has 0 bridgehead atoms. The highest BCUT2D eigenvalue weighted by Gasteiger charge is 2.32. The lowest BCUT2D eigenvalue weighted by Crippen LogP contribution is -2.52. The molecule has 0 fully saturated rings. The van der Waals surface area contributed by atoms with Crippen LogP contribution < -0.4 is 9.62 Å². The van der Waals surface area contributed by atoms with Crippen LogP contribution in [0.2, 0.25) is 0 Å². The van der Waals surface area contributed by atoms with Gasteiger partial charge in [0.2, 0.25) is 21.8 Å². The maximum absolute atomic E-state index is 13.7. The van der Waals surface area contributed by atoms with Crippen molar-refractivity contribution in [1.29, 1.82) is 0 Å². The molecule has 0 radical (unpaired) electrons. The van der Waals surface area contributed by atoms with Crippen molar-refractivity contribution < 1.29 is 22.4 Å². The van der Waals surface area contributed by atoms with Gasteiger partial charge in [-0.2, -0.15) is 0 Å². The number of hydrogen-bond acceptors (Lipinski definition) is 4. The zero-order chi connectivity index (χ0) is 26.3. The number of nitrogens with one attached hydrogen (secondary N) is 1. The van der Waals surface area contributed by atoms with E-state index in [-0.39, 0.29) is 13.0 Å². The Kier molecular flexibility index (Phi) is 9.43. The van der Waals surface area contributed by atoms with Gasteiger partial charge in [-0.1, -0.05) is 42.5 Å². The quantitative estimate of drug-likeness (QED) is 0.350. The highest BCUT2D eigenvalue weighted by molar-refractivity contribution is 14.1. The smallest absolute Gasteiger partial charge is 0.244 e. The second kappa shape index (κ2) is 12.3. The Balaban J connectivity index is 2.00. The molecule has 0 aromatic heterocycles. The molecule has 3 aromatic rings. The molecule has 190 valence electrons. The lowest BCUT2D eigenvalue weighted by Gasteiger charge is -2.33. The summed E-state index contributed by atoms with van der Waals surface area (Å²) in [6, 6.07) is 20.7. The fraction of sp³-hybridized carbons (Fsp3) is 0.231. The van der Waals surface area contributed by atoms with Crippen molar-refractivity contribution in [2.24, 2.45) is 0 Å². The summed E-state index contributed by atoms with van der Waals surface area (Å²) < 4.78 is 40.8. The van der Waals surface area contributed by atoms with Crippen LogP contribution in [0.1, 0.15) is 11.1 Å². The van der Waals surface area contributed by atoms with Gasteiger partial charge in [0.1, 0.15) is 18.4 Å². The summed E-state index contributed by atoms with van der Waals surface area (Å²) in [6.07, 6.45) is 1.25. The molecular weight excluding hydrogens is 596 g/mol. The summed E-state index contributed by atoms with van der Waals surface area (Å²) >= 11 is 2.11. The number of anilines is 1. The Morgan fingerprint density at radius 1 is 0.944 bits per heavy atom. The standard InChI is InChI=1S/C26H27FIN3O4S/c1-29-26(33)24(16-19-6-4-3-5-7-19)30(17-20-8-10-21(27)11-9-20)25(32)18-31(36(2,34)35)23-14-12-22(28)13-15-23/h3-15,24H,16-18H2,1-2H3,(H,29,33)/t24-/m1/s1. The first-order valence-electron chi connectivity index (χ1n) is 11.1. The molecule has 3 aromatic carbocycles. The van der Waals surface area contributed by atoms with Crippen molar-refractivity contribution in [3.8, 4) is 0 Å². The molecule has 2 amide bonds. The zero-order valence-corrected chi connectivity index (χ0v) is 22.9. The number of likely N-dealkylation sites (N-methyl/N-ethyl adjacent to an activating group) is 1. The van der Waals surface area contributed by atoms with E-state index in [9.17, 15) is 22.4 Å². The highest BCUT2D eigenvalue weighted by Crippen LogP contribution is 2.21. The van der Waals surface area contributed by atoms with Crippen LogP contribution in [0.25, 0.3) is 0 Å². The van der Waals surface area contributed by atoms with Crippen molar-refractivity contribution in [1.82, 2.24) is 10.2 Å². The summed E-state index contributed by atoms with van der Waals surface area (Å²) in [7, 11) is -2.33. The SMILES string of the molecule is CNC(=O)[C@@H](Cc1ccccc1)N(Cc1ccc(F)cc1)C(=O)CN(c1ccc(I)cc1)S(C)(=O)=O. The van der Waals surface area contributed by atoms with E-state index in [4.69, 9.17) is 0 Å². The largest absolute Gasteiger partial charge is 0.357 e. The zero-order valence-electron chi connectivity index (χ0n) is 19.9. The number of nitrogens with zero attached hydrogens (tertiary/aromatic N) is 2. The first kappa shape index (κ1) is 27.6. The number of carbonyl (C=O) groups is 2. The average molecular weight is 623 g/mol. The van der Waals surface area contributed by atoms with Crippen molar-refractivity contribution in [3.63, 3.8) is 0 Å². The number of sulfonamides is 1. The minimum absolute atomic E-state index is 0.00563. The van der Waals surface area contributed by atoms with Crippen LogP contribution in [0.3, 0.4) is 0 Å². The van der Waals surface area contributed by atoms with Crippen molar-refractivity contribution in [2.75, 3.05) is 24.2 Å². The molecule has 1 atom stereocenters. The average Bonchev–Trinajstić information content (AvgIpc) is 2.86. The molecule has 0 aliphatic rings. The maximum atomic E-state index is 13.7. The van der Waals surface area contributed by atoms with Crippen LogP contribution in [0.4, 0.5) is 10.1 Å². The van der Waals surface area contributed by atoms with Gasteiger partial charge in [-0.25, -0.2) is 12.8 Å². The van der Waals surface area contributed by atoms with E-state index >= 15 is 0 Å². The van der Waals surface area contributed by atoms with Gasteiger partial charge < -0.3 is 10.2 Å². The molecule has 0 spiro atoms. The lowest BCUT2D eigenvalue weighted by atomic mass is 10.0. The third-order valence-electron chi connectivity index (χ3n) is 5.58. The molecule has 0 heterocycles. The fourth-order valence-corrected chi connectivity index (χ4v) is 4.94. The topological polar surface area (TPSA) is 86.8 Å². The second-order valence-corrected chi connectivity index (χ2v) is 11.4. The van der Waals surface area contributed by atoms with Crippen LogP contribution in [0.5, 0.6) is 0 Å². The maximum Gasteiger partial charge on any atom is 0.244 e. The van der Waals surface area contributed by atoms with Crippen LogP contribution >= 0.6 is 22.6 Å². The number of halogens is 2. The van der Waals surface area contributed by atoms with Crippen LogP contribution in [0.15, 0.2) is 78.9 Å². The summed E-state index contributed by atoms with van der Waals surface area (Å²) in [5, 5.41) is 2.61. The van der Waals surface area contributed by atoms with Gasteiger partial charge in [0, 0.05) is 23.6 Å². The third kappa shape index (κ3) is 7.50. The molecule has 0 saturated carbocycles. The highest BCUT2D eigenvalue weighted by atomic mass is 127. The summed E-state index contributed by atoms with van der Waals surface area (Å²) in [4.78, 5) is 28.1. The number of rotatable bonds is 10. The van der Waals surface area contributed by atoms with Gasteiger partial charge in [0.25, 0.3) is 0 Å². The fourth-order valence-electron chi connectivity index (χ4n) is 3.73. The number of amides is 2. The number of benzene rings is 3. The van der Waals surface area contributed by atoms with Crippen LogP contribution in [-0.2, 0) is 32.6 Å². The monoisotopic (exact) mass is 623 g/mol. The molecule has 1 N–H and O–H groups in total. The lowest BCUT2D eigenvalue weighted by molar-refractivity contribution is -0.139. The molecule has 36 heavy (non-hydrogen) atoms. The molecule has 3 rings (SSSR count). The first-order chi connectivity index (χ1) is 17.1. The number of hydrogen-bond donors (Lipinski definition) is 1. The van der Waals surface area contributed by atoms with Crippen molar-refractivity contribution in [3.05, 3.63) is 99.4 Å². The minimum atomic E-state index is -3.82. The van der Waals surface area contributed by atoms with E-state index < -0.39 is 40.2 Å². The van der Waals surface area contributed by atoms with E-state index in [0.29, 0.717) is 11.3 Å². The van der Waals surface area contributed by atoms with Crippen molar-refractivity contribution >= 4 is 50.1 Å². The van der Waals surface area contributed by atoms with Crippen LogP contribution in [-0.4, -0.2) is 51.0 Å². The van der Waals surface area contributed by atoms with Gasteiger partial charge in [0.15, 0.2) is 0 Å². The Hall–Kier alpha value is -2.99. The van der Waals surface area contributed by atoms with E-state index in [0.717, 1.165) is 19.7 Å². The molecule has 7 nitrogen and oxygen atoms in total. The Morgan fingerprint density at radius 2 is 1.56 bits per heavy atom. The molecule has 0 aliphatic carbocycles. The first-order valence-corrected chi connectivity index (χ1v) is 14.0. The summed E-state index contributed by atoms with van der Waals surface area (Å²) in [6.45, 7) is -0.503. The van der Waals surface area contributed by atoms with E-state index in [1.807, 2.05) is 30.3 Å². The van der Waals surface area contributed by atoms with E-state index in [1.165, 1.54) is 36.2 Å². The predicted molar refractivity (Wildman–Crippen MR) is 146 cm³/mol. The Morgan fingerprint density at radius 3 is 2.11 bits per heavy atom. The van der Waals surface area contributed by atoms with Gasteiger partial charge in [0.05, 0.1) is 11.9 Å². The second-order valence-electron chi connectivity index (χ2n) is 8.21. The van der Waals surface area contributed by atoms with E-state index in [2.05, 4.69) is 27.9 Å². The van der Waals surface area contributed by atoms with Gasteiger partial charge in [-0.05, 0) is 70.1 Å². The van der Waals surface area contributed by atoms with E-state index in [1.54, 1.807) is 24.3 Å². The number of carbonyl (C=O) groups excluding carboxylic acids is 2. The molecule has 0 unspecified atom stereocenters. The van der Waals surface area contributed by atoms with Gasteiger partial charge >= 0.3 is 0 Å². The van der Waals surface area contributed by atoms with Crippen molar-refractivity contribution in [2.45, 2.75) is 19.0 Å². The summed E-state index contributed by atoms with van der Waals surface area (Å²) in [5.74, 6) is -1.38. The minimum Gasteiger partial charge on any atom is -0.357 e. The summed E-state index contributed by atoms with van der Waals surface area (Å²) in [5.41, 5.74) is 1.78. The molecular formula is C26H27FIN3O4S. The predicted octanol–water partition coefficient (Wildman–Crippen LogP) is 3.58. The Bertz CT molecular complexity index is 1290. The van der Waals surface area contributed by atoms with Gasteiger partial charge in [-0.3, -0.25) is 13.9 Å². The Labute approximate surface area is 224 Å². The molecule has 0 aliphatic heterocycles. The van der Waals surface area contributed by atoms with Crippen LogP contribution in [0, 0.1) is 9.39 Å².